The Hall–Kier alpha value is -2.74. The van der Waals surface area contributed by atoms with Crippen molar-refractivity contribution in [3.63, 3.8) is 0 Å². The van der Waals surface area contributed by atoms with Gasteiger partial charge in [0.25, 0.3) is 11.6 Å². The molecule has 1 fully saturated rings. The Bertz CT molecular complexity index is 773. The Morgan fingerprint density at radius 3 is 2.92 bits per heavy atom. The van der Waals surface area contributed by atoms with E-state index in [0.29, 0.717) is 18.2 Å². The van der Waals surface area contributed by atoms with Crippen LogP contribution >= 0.6 is 0 Å². The highest BCUT2D eigenvalue weighted by molar-refractivity contribution is 5.92. The highest BCUT2D eigenvalue weighted by Gasteiger charge is 2.26. The number of benzene rings is 1. The average Bonchev–Trinajstić information content (AvgIpc) is 3.12. The fraction of sp³-hybridized carbons (Fsp3) is 0.412. The highest BCUT2D eigenvalue weighted by atomic mass is 16.6. The van der Waals surface area contributed by atoms with Crippen molar-refractivity contribution in [3.8, 4) is 5.69 Å². The molecular weight excluding hydrogens is 322 g/mol. The molecule has 2 atom stereocenters. The zero-order valence-electron chi connectivity index (χ0n) is 13.8. The first-order chi connectivity index (χ1) is 12.1. The van der Waals surface area contributed by atoms with Crippen LogP contribution < -0.4 is 11.1 Å². The van der Waals surface area contributed by atoms with E-state index in [0.717, 1.165) is 25.7 Å². The molecule has 2 unspecified atom stereocenters. The Labute approximate surface area is 145 Å². The Morgan fingerprint density at radius 1 is 1.36 bits per heavy atom. The molecule has 0 spiro atoms. The number of aromatic nitrogens is 2. The number of hydrogen-bond donors (Lipinski definition) is 2. The summed E-state index contributed by atoms with van der Waals surface area (Å²) in [6.07, 6.45) is 5.82. The van der Waals surface area contributed by atoms with Gasteiger partial charge in [0.2, 0.25) is 0 Å². The third-order valence-corrected chi connectivity index (χ3v) is 4.66. The minimum absolute atomic E-state index is 0.0213. The molecule has 1 aliphatic carbocycles. The van der Waals surface area contributed by atoms with E-state index < -0.39 is 4.92 Å². The van der Waals surface area contributed by atoms with Crippen LogP contribution in [0.3, 0.4) is 0 Å². The number of nitro benzene ring substituents is 1. The maximum absolute atomic E-state index is 12.5. The summed E-state index contributed by atoms with van der Waals surface area (Å²) in [5, 5.41) is 18.2. The number of rotatable bonds is 5. The second-order valence-corrected chi connectivity index (χ2v) is 6.28. The first-order valence-electron chi connectivity index (χ1n) is 8.40. The summed E-state index contributed by atoms with van der Waals surface area (Å²) in [4.78, 5) is 22.9. The minimum Gasteiger partial charge on any atom is -0.348 e. The van der Waals surface area contributed by atoms with Gasteiger partial charge in [0.15, 0.2) is 5.69 Å². The summed E-state index contributed by atoms with van der Waals surface area (Å²) in [7, 11) is 0. The van der Waals surface area contributed by atoms with Gasteiger partial charge in [0.1, 0.15) is 0 Å². The van der Waals surface area contributed by atoms with Gasteiger partial charge in [0, 0.05) is 24.4 Å². The summed E-state index contributed by atoms with van der Waals surface area (Å²) in [6.45, 7) is 0.563. The second kappa shape index (κ2) is 7.43. The highest BCUT2D eigenvalue weighted by Crippen LogP contribution is 2.24. The van der Waals surface area contributed by atoms with Crippen LogP contribution in [0.5, 0.6) is 0 Å². The predicted molar refractivity (Wildman–Crippen MR) is 92.5 cm³/mol. The monoisotopic (exact) mass is 343 g/mol. The zero-order valence-corrected chi connectivity index (χ0v) is 13.8. The number of hydrogen-bond acceptors (Lipinski definition) is 5. The largest absolute Gasteiger partial charge is 0.348 e. The van der Waals surface area contributed by atoms with Crippen molar-refractivity contribution in [1.82, 2.24) is 15.1 Å². The molecule has 0 aliphatic heterocycles. The number of nitrogens with two attached hydrogens (primary N) is 1. The number of nitrogens with zero attached hydrogens (tertiary/aromatic N) is 3. The predicted octanol–water partition coefficient (Wildman–Crippen LogP) is 2.03. The Morgan fingerprint density at radius 2 is 2.16 bits per heavy atom. The molecule has 25 heavy (non-hydrogen) atoms. The van der Waals surface area contributed by atoms with E-state index in [1.54, 1.807) is 24.4 Å². The van der Waals surface area contributed by atoms with Gasteiger partial charge >= 0.3 is 0 Å². The van der Waals surface area contributed by atoms with Gasteiger partial charge in [-0.05, 0) is 37.4 Å². The van der Waals surface area contributed by atoms with Crippen molar-refractivity contribution < 1.29 is 9.72 Å². The van der Waals surface area contributed by atoms with Crippen LogP contribution in [0.1, 0.15) is 36.2 Å². The third-order valence-electron chi connectivity index (χ3n) is 4.66. The quantitative estimate of drug-likeness (QED) is 0.636. The van der Waals surface area contributed by atoms with Crippen LogP contribution in [0, 0.1) is 16.0 Å². The van der Waals surface area contributed by atoms with Crippen molar-refractivity contribution >= 4 is 11.6 Å². The average molecular weight is 343 g/mol. The van der Waals surface area contributed by atoms with E-state index in [1.165, 1.54) is 16.8 Å². The molecule has 1 saturated carbocycles. The topological polar surface area (TPSA) is 116 Å². The second-order valence-electron chi connectivity index (χ2n) is 6.28. The third kappa shape index (κ3) is 3.85. The summed E-state index contributed by atoms with van der Waals surface area (Å²) >= 11 is 0. The van der Waals surface area contributed by atoms with E-state index in [2.05, 4.69) is 10.4 Å². The van der Waals surface area contributed by atoms with Crippen molar-refractivity contribution in [2.75, 3.05) is 6.54 Å². The lowest BCUT2D eigenvalue weighted by Gasteiger charge is -2.31. The fourth-order valence-electron chi connectivity index (χ4n) is 3.26. The maximum Gasteiger partial charge on any atom is 0.272 e. The van der Waals surface area contributed by atoms with Crippen molar-refractivity contribution in [1.29, 1.82) is 0 Å². The lowest BCUT2D eigenvalue weighted by atomic mass is 9.84. The van der Waals surface area contributed by atoms with E-state index in [-0.39, 0.29) is 23.3 Å². The van der Waals surface area contributed by atoms with Crippen LogP contribution in [-0.4, -0.2) is 33.2 Å². The maximum atomic E-state index is 12.5. The lowest BCUT2D eigenvalue weighted by molar-refractivity contribution is -0.384. The molecule has 0 bridgehead atoms. The van der Waals surface area contributed by atoms with Gasteiger partial charge in [-0.3, -0.25) is 14.9 Å². The van der Waals surface area contributed by atoms with Crippen LogP contribution in [-0.2, 0) is 0 Å². The Kier molecular flexibility index (Phi) is 5.08. The van der Waals surface area contributed by atoms with Gasteiger partial charge in [-0.2, -0.15) is 5.10 Å². The molecule has 1 heterocycles. The van der Waals surface area contributed by atoms with Gasteiger partial charge < -0.3 is 11.1 Å². The number of amides is 1. The van der Waals surface area contributed by atoms with Crippen LogP contribution in [0.15, 0.2) is 36.5 Å². The molecule has 3 N–H and O–H groups in total. The first-order valence-corrected chi connectivity index (χ1v) is 8.40. The summed E-state index contributed by atoms with van der Waals surface area (Å²) < 4.78 is 1.46. The summed E-state index contributed by atoms with van der Waals surface area (Å²) in [5.41, 5.74) is 6.60. The molecule has 1 aliphatic rings. The van der Waals surface area contributed by atoms with Gasteiger partial charge in [-0.25, -0.2) is 4.68 Å². The molecule has 1 aromatic heterocycles. The van der Waals surface area contributed by atoms with Gasteiger partial charge in [0.05, 0.1) is 10.6 Å². The van der Waals surface area contributed by atoms with E-state index in [4.69, 9.17) is 5.73 Å². The van der Waals surface area contributed by atoms with Crippen molar-refractivity contribution in [2.45, 2.75) is 31.7 Å². The van der Waals surface area contributed by atoms with Crippen LogP contribution in [0.4, 0.5) is 5.69 Å². The zero-order chi connectivity index (χ0) is 17.8. The van der Waals surface area contributed by atoms with Crippen LogP contribution in [0.2, 0.25) is 0 Å². The van der Waals surface area contributed by atoms with Gasteiger partial charge in [-0.15, -0.1) is 0 Å². The number of nitrogens with one attached hydrogen (secondary N) is 1. The fourth-order valence-corrected chi connectivity index (χ4v) is 3.26. The molecule has 8 nitrogen and oxygen atoms in total. The SMILES string of the molecule is NCC1CCCCC1NC(=O)c1ccn(-c2cccc([N+](=O)[O-])c2)n1. The number of non-ortho nitro benzene ring substituents is 1. The number of carbonyl (C=O) groups is 1. The normalized spacial score (nSPS) is 20.2. The summed E-state index contributed by atoms with van der Waals surface area (Å²) in [6, 6.07) is 7.80. The number of carbonyl (C=O) groups excluding carboxylic acids is 1. The molecule has 0 saturated heterocycles. The molecular formula is C17H21N5O3. The van der Waals surface area contributed by atoms with Crippen LogP contribution in [0.25, 0.3) is 5.69 Å². The first kappa shape index (κ1) is 17.1. The molecule has 0 radical (unpaired) electrons. The smallest absolute Gasteiger partial charge is 0.272 e. The Balaban J connectivity index is 1.73. The van der Waals surface area contributed by atoms with Gasteiger partial charge in [-0.1, -0.05) is 18.9 Å². The summed E-state index contributed by atoms with van der Waals surface area (Å²) in [5.74, 6) is 0.0612. The van der Waals surface area contributed by atoms with E-state index >= 15 is 0 Å². The molecule has 1 aromatic carbocycles. The molecule has 3 rings (SSSR count). The molecule has 132 valence electrons. The molecule has 8 heteroatoms. The molecule has 2 aromatic rings. The van der Waals surface area contributed by atoms with Crippen molar-refractivity contribution in [2.24, 2.45) is 11.7 Å². The van der Waals surface area contributed by atoms with E-state index in [1.807, 2.05) is 0 Å². The van der Waals surface area contributed by atoms with Crippen molar-refractivity contribution in [3.05, 3.63) is 52.3 Å². The standard InChI is InChI=1S/C17H21N5O3/c18-11-12-4-1-2-7-15(12)19-17(23)16-8-9-21(20-16)13-5-3-6-14(10-13)22(24)25/h3,5-6,8-10,12,15H,1-2,4,7,11,18H2,(H,19,23). The minimum atomic E-state index is -0.462. The lowest BCUT2D eigenvalue weighted by Crippen LogP contribution is -2.44. The number of nitro groups is 1. The van der Waals surface area contributed by atoms with E-state index in [9.17, 15) is 14.9 Å². The molecule has 1 amide bonds.